The fraction of sp³-hybridized carbons (Fsp3) is 1.00. The molecule has 4 nitrogen and oxygen atoms in total. The van der Waals surface area contributed by atoms with E-state index >= 15 is 0 Å². The lowest BCUT2D eigenvalue weighted by Crippen LogP contribution is -2.35. The molecule has 1 atom stereocenters. The molecule has 0 aliphatic heterocycles. The van der Waals surface area contributed by atoms with Gasteiger partial charge >= 0.3 is 12.3 Å². The van der Waals surface area contributed by atoms with E-state index in [4.69, 9.17) is 14.6 Å². The Kier molecular flexibility index (Phi) is 9.25. The number of ether oxygens (including phenoxy) is 3. The Balaban J connectivity index is 3.93. The third-order valence-corrected chi connectivity index (χ3v) is 1.87. The van der Waals surface area contributed by atoms with Gasteiger partial charge in [0, 0.05) is 6.61 Å². The van der Waals surface area contributed by atoms with Gasteiger partial charge in [0.2, 0.25) is 0 Å². The van der Waals surface area contributed by atoms with E-state index < -0.39 is 25.1 Å². The fourth-order valence-electron chi connectivity index (χ4n) is 1.00. The van der Waals surface area contributed by atoms with Crippen molar-refractivity contribution in [2.75, 3.05) is 39.6 Å². The Bertz CT molecular complexity index is 196. The van der Waals surface area contributed by atoms with Gasteiger partial charge < -0.3 is 19.3 Å². The number of hydrogen-bond acceptors (Lipinski definition) is 4. The van der Waals surface area contributed by atoms with Gasteiger partial charge in [-0.25, -0.2) is 8.78 Å². The molecule has 110 valence electrons. The van der Waals surface area contributed by atoms with Crippen molar-refractivity contribution >= 4 is 0 Å². The van der Waals surface area contributed by atoms with E-state index in [1.807, 2.05) is 0 Å². The van der Waals surface area contributed by atoms with Gasteiger partial charge in [-0.1, -0.05) is 0 Å². The zero-order valence-electron chi connectivity index (χ0n) is 10.1. The van der Waals surface area contributed by atoms with Crippen molar-refractivity contribution in [1.29, 1.82) is 0 Å². The van der Waals surface area contributed by atoms with Crippen molar-refractivity contribution in [2.45, 2.75) is 25.4 Å². The van der Waals surface area contributed by atoms with Crippen LogP contribution < -0.4 is 0 Å². The Hall–Kier alpha value is -0.440. The van der Waals surface area contributed by atoms with Gasteiger partial charge in [0.25, 0.3) is 0 Å². The van der Waals surface area contributed by atoms with Crippen LogP contribution in [0, 0.1) is 0 Å². The highest BCUT2D eigenvalue weighted by molar-refractivity contribution is 4.68. The normalized spacial score (nSPS) is 14.2. The van der Waals surface area contributed by atoms with E-state index in [1.165, 1.54) is 0 Å². The summed E-state index contributed by atoms with van der Waals surface area (Å²) < 4.78 is 63.2. The summed E-state index contributed by atoms with van der Waals surface area (Å²) in [5.74, 6) is -4.17. The number of halogens is 4. The lowest BCUT2D eigenvalue weighted by molar-refractivity contribution is -0.175. The van der Waals surface area contributed by atoms with E-state index in [2.05, 4.69) is 4.74 Å². The predicted molar refractivity (Wildman–Crippen MR) is 55.1 cm³/mol. The van der Waals surface area contributed by atoms with Crippen LogP contribution in [0.4, 0.5) is 17.6 Å². The Labute approximate surface area is 103 Å². The first kappa shape index (κ1) is 17.6. The van der Waals surface area contributed by atoms with Crippen LogP contribution in [0.2, 0.25) is 0 Å². The number of rotatable bonds is 11. The standard InChI is InChI=1S/C10H18F4O4/c1-2-16-5-8(18-4-3-15)6-17-7-10(13,14)9(11)12/h8-9,15H,2-7H2,1H3. The first-order valence-corrected chi connectivity index (χ1v) is 5.48. The monoisotopic (exact) mass is 278 g/mol. The van der Waals surface area contributed by atoms with Crippen LogP contribution in [0.15, 0.2) is 0 Å². The van der Waals surface area contributed by atoms with E-state index in [1.54, 1.807) is 6.92 Å². The molecule has 18 heavy (non-hydrogen) atoms. The molecule has 0 bridgehead atoms. The molecule has 1 unspecified atom stereocenters. The maximum absolute atomic E-state index is 12.5. The van der Waals surface area contributed by atoms with Gasteiger partial charge in [0.05, 0.1) is 26.4 Å². The fourth-order valence-corrected chi connectivity index (χ4v) is 1.00. The molecule has 0 rings (SSSR count). The van der Waals surface area contributed by atoms with Gasteiger partial charge in [0.15, 0.2) is 0 Å². The molecule has 0 aromatic rings. The molecule has 0 saturated heterocycles. The second kappa shape index (κ2) is 9.48. The molecule has 0 aliphatic carbocycles. The first-order chi connectivity index (χ1) is 8.44. The topological polar surface area (TPSA) is 47.9 Å². The third kappa shape index (κ3) is 7.80. The van der Waals surface area contributed by atoms with Gasteiger partial charge in [-0.05, 0) is 6.92 Å². The number of hydrogen-bond donors (Lipinski definition) is 1. The quantitative estimate of drug-likeness (QED) is 0.579. The summed E-state index contributed by atoms with van der Waals surface area (Å²) in [6.07, 6.45) is -4.44. The second-order valence-corrected chi connectivity index (χ2v) is 3.45. The summed E-state index contributed by atoms with van der Waals surface area (Å²) in [5, 5.41) is 8.54. The molecular formula is C10H18F4O4. The largest absolute Gasteiger partial charge is 0.394 e. The molecule has 0 radical (unpaired) electrons. The first-order valence-electron chi connectivity index (χ1n) is 5.48. The minimum atomic E-state index is -4.17. The summed E-state index contributed by atoms with van der Waals surface area (Å²) in [7, 11) is 0. The zero-order valence-corrected chi connectivity index (χ0v) is 10.1. The molecule has 0 aromatic heterocycles. The van der Waals surface area contributed by atoms with Crippen molar-refractivity contribution in [2.24, 2.45) is 0 Å². The Morgan fingerprint density at radius 3 is 2.28 bits per heavy atom. The van der Waals surface area contributed by atoms with E-state index in [9.17, 15) is 17.6 Å². The molecule has 0 fully saturated rings. The molecule has 1 N–H and O–H groups in total. The number of aliphatic hydroxyl groups excluding tert-OH is 1. The molecule has 0 aliphatic rings. The van der Waals surface area contributed by atoms with Crippen LogP contribution in [0.5, 0.6) is 0 Å². The van der Waals surface area contributed by atoms with Crippen LogP contribution in [0.1, 0.15) is 6.92 Å². The maximum atomic E-state index is 12.5. The molecule has 0 spiro atoms. The minimum absolute atomic E-state index is 0.00760. The van der Waals surface area contributed by atoms with Gasteiger partial charge in [-0.2, -0.15) is 8.78 Å². The Morgan fingerprint density at radius 2 is 1.78 bits per heavy atom. The van der Waals surface area contributed by atoms with Crippen molar-refractivity contribution in [3.05, 3.63) is 0 Å². The molecule has 0 saturated carbocycles. The molecule has 8 heteroatoms. The van der Waals surface area contributed by atoms with E-state index in [0.717, 1.165) is 0 Å². The van der Waals surface area contributed by atoms with Crippen LogP contribution in [-0.2, 0) is 14.2 Å². The average molecular weight is 278 g/mol. The van der Waals surface area contributed by atoms with Gasteiger partial charge in [0.1, 0.15) is 12.7 Å². The second-order valence-electron chi connectivity index (χ2n) is 3.45. The van der Waals surface area contributed by atoms with E-state index in [-0.39, 0.29) is 26.4 Å². The van der Waals surface area contributed by atoms with Gasteiger partial charge in [-0.3, -0.25) is 0 Å². The molecule has 0 heterocycles. The highest BCUT2D eigenvalue weighted by Crippen LogP contribution is 2.22. The SMILES string of the molecule is CCOCC(COCC(F)(F)C(F)F)OCCO. The zero-order chi connectivity index (χ0) is 14.0. The lowest BCUT2D eigenvalue weighted by Gasteiger charge is -2.20. The van der Waals surface area contributed by atoms with Crippen molar-refractivity contribution in [1.82, 2.24) is 0 Å². The molecule has 0 amide bonds. The van der Waals surface area contributed by atoms with Gasteiger partial charge in [-0.15, -0.1) is 0 Å². The van der Waals surface area contributed by atoms with Crippen LogP contribution in [-0.4, -0.2) is 63.2 Å². The summed E-state index contributed by atoms with van der Waals surface area (Å²) in [6.45, 7) is 0.276. The molecular weight excluding hydrogens is 260 g/mol. The van der Waals surface area contributed by atoms with Crippen LogP contribution >= 0.6 is 0 Å². The highest BCUT2D eigenvalue weighted by atomic mass is 19.3. The molecule has 0 aromatic carbocycles. The maximum Gasteiger partial charge on any atom is 0.330 e. The van der Waals surface area contributed by atoms with Crippen molar-refractivity contribution in [3.63, 3.8) is 0 Å². The van der Waals surface area contributed by atoms with E-state index in [0.29, 0.717) is 6.61 Å². The van der Waals surface area contributed by atoms with Crippen molar-refractivity contribution < 1.29 is 36.9 Å². The predicted octanol–water partition coefficient (Wildman–Crippen LogP) is 1.32. The van der Waals surface area contributed by atoms with Crippen molar-refractivity contribution in [3.8, 4) is 0 Å². The smallest absolute Gasteiger partial charge is 0.330 e. The average Bonchev–Trinajstić information content (AvgIpc) is 2.31. The summed E-state index contributed by atoms with van der Waals surface area (Å²) in [6, 6.07) is 0. The summed E-state index contributed by atoms with van der Waals surface area (Å²) in [4.78, 5) is 0. The number of alkyl halides is 4. The summed E-state index contributed by atoms with van der Waals surface area (Å²) in [5.41, 5.74) is 0. The third-order valence-electron chi connectivity index (χ3n) is 1.87. The van der Waals surface area contributed by atoms with Crippen LogP contribution in [0.3, 0.4) is 0 Å². The number of aliphatic hydroxyl groups is 1. The summed E-state index contributed by atoms with van der Waals surface area (Å²) >= 11 is 0. The minimum Gasteiger partial charge on any atom is -0.394 e. The Morgan fingerprint density at radius 1 is 1.17 bits per heavy atom. The van der Waals surface area contributed by atoms with Crippen LogP contribution in [0.25, 0.3) is 0 Å². The lowest BCUT2D eigenvalue weighted by atomic mass is 10.3. The highest BCUT2D eigenvalue weighted by Gasteiger charge is 2.41.